The van der Waals surface area contributed by atoms with Gasteiger partial charge >= 0.3 is 6.18 Å². The van der Waals surface area contributed by atoms with E-state index in [1.54, 1.807) is 0 Å². The first-order valence-electron chi connectivity index (χ1n) is 7.06. The van der Waals surface area contributed by atoms with Crippen molar-refractivity contribution in [3.8, 4) is 11.1 Å². The minimum atomic E-state index is -4.32. The largest absolute Gasteiger partial charge is 0.416 e. The Bertz CT molecular complexity index is 597. The molecule has 0 aromatic heterocycles. The lowest BCUT2D eigenvalue weighted by Crippen LogP contribution is -2.10. The summed E-state index contributed by atoms with van der Waals surface area (Å²) in [6.45, 7) is 0.108. The van der Waals surface area contributed by atoms with Gasteiger partial charge in [-0.25, -0.2) is 0 Å². The Morgan fingerprint density at radius 2 is 1.39 bits per heavy atom. The van der Waals surface area contributed by atoms with Gasteiger partial charge in [-0.05, 0) is 41.7 Å². The van der Waals surface area contributed by atoms with Gasteiger partial charge in [0.2, 0.25) is 0 Å². The molecule has 0 saturated carbocycles. The van der Waals surface area contributed by atoms with Gasteiger partial charge in [0.25, 0.3) is 0 Å². The number of alkyl halides is 3. The fourth-order valence-electron chi connectivity index (χ4n) is 2.25. The molecule has 2 nitrogen and oxygen atoms in total. The second-order valence-electron chi connectivity index (χ2n) is 5.17. The number of hydrogen-bond acceptors (Lipinski definition) is 2. The van der Waals surface area contributed by atoms with E-state index in [0.717, 1.165) is 28.8 Å². The van der Waals surface area contributed by atoms with Gasteiger partial charge < -0.3 is 10.8 Å². The number of benzene rings is 2. The Morgan fingerprint density at radius 1 is 0.913 bits per heavy atom. The highest BCUT2D eigenvalue weighted by Gasteiger charge is 2.29. The van der Waals surface area contributed by atoms with E-state index in [1.165, 1.54) is 12.1 Å². The second kappa shape index (κ2) is 8.34. The highest BCUT2D eigenvalue weighted by atomic mass is 35.5. The molecule has 0 amide bonds. The highest BCUT2D eigenvalue weighted by molar-refractivity contribution is 5.85. The molecule has 0 aliphatic heterocycles. The summed E-state index contributed by atoms with van der Waals surface area (Å²) in [4.78, 5) is 0. The first-order chi connectivity index (χ1) is 10.4. The topological polar surface area (TPSA) is 46.2 Å². The first kappa shape index (κ1) is 19.5. The Kier molecular flexibility index (Phi) is 7.06. The lowest BCUT2D eigenvalue weighted by molar-refractivity contribution is -0.137. The van der Waals surface area contributed by atoms with Crippen LogP contribution in [0.3, 0.4) is 0 Å². The van der Waals surface area contributed by atoms with E-state index in [-0.39, 0.29) is 25.1 Å². The SMILES string of the molecule is Cl.N[C@H](CCCO)c1ccc(-c2ccc(C(F)(F)F)cc2)cc1. The molecule has 0 radical (unpaired) electrons. The maximum absolute atomic E-state index is 12.5. The normalized spacial score (nSPS) is 12.6. The van der Waals surface area contributed by atoms with Crippen LogP contribution in [0.1, 0.15) is 30.0 Å². The molecule has 126 valence electrons. The lowest BCUT2D eigenvalue weighted by atomic mass is 9.98. The average Bonchev–Trinajstić information content (AvgIpc) is 2.52. The number of rotatable bonds is 5. The van der Waals surface area contributed by atoms with Crippen LogP contribution in [-0.2, 0) is 6.18 Å². The lowest BCUT2D eigenvalue weighted by Gasteiger charge is -2.12. The van der Waals surface area contributed by atoms with Crippen LogP contribution >= 0.6 is 12.4 Å². The van der Waals surface area contributed by atoms with E-state index in [0.29, 0.717) is 12.8 Å². The summed E-state index contributed by atoms with van der Waals surface area (Å²) in [5.41, 5.74) is 7.86. The van der Waals surface area contributed by atoms with Gasteiger partial charge in [0.05, 0.1) is 5.56 Å². The quantitative estimate of drug-likeness (QED) is 0.834. The zero-order valence-corrected chi connectivity index (χ0v) is 13.2. The third kappa shape index (κ3) is 5.23. The zero-order chi connectivity index (χ0) is 16.2. The molecule has 0 heterocycles. The van der Waals surface area contributed by atoms with Crippen molar-refractivity contribution in [3.05, 3.63) is 59.7 Å². The van der Waals surface area contributed by atoms with Crippen molar-refractivity contribution in [1.82, 2.24) is 0 Å². The van der Waals surface area contributed by atoms with Crippen molar-refractivity contribution >= 4 is 12.4 Å². The molecule has 0 fully saturated rings. The predicted octanol–water partition coefficient (Wildman–Crippen LogP) is 4.57. The molecule has 0 spiro atoms. The predicted molar refractivity (Wildman–Crippen MR) is 87.4 cm³/mol. The summed E-state index contributed by atoms with van der Waals surface area (Å²) in [6.07, 6.45) is -2.99. The van der Waals surface area contributed by atoms with E-state index in [9.17, 15) is 13.2 Å². The second-order valence-corrected chi connectivity index (χ2v) is 5.17. The van der Waals surface area contributed by atoms with Gasteiger partial charge in [0.1, 0.15) is 0 Å². The van der Waals surface area contributed by atoms with Gasteiger partial charge in [-0.3, -0.25) is 0 Å². The van der Waals surface area contributed by atoms with Gasteiger partial charge in [-0.15, -0.1) is 12.4 Å². The minimum Gasteiger partial charge on any atom is -0.396 e. The van der Waals surface area contributed by atoms with Crippen LogP contribution in [0.25, 0.3) is 11.1 Å². The summed E-state index contributed by atoms with van der Waals surface area (Å²) in [6, 6.07) is 12.4. The molecule has 0 saturated heterocycles. The molecular formula is C17H19ClF3NO. The molecule has 0 aliphatic rings. The summed E-state index contributed by atoms with van der Waals surface area (Å²) in [5.74, 6) is 0. The van der Waals surface area contributed by atoms with E-state index in [1.807, 2.05) is 24.3 Å². The first-order valence-corrected chi connectivity index (χ1v) is 7.06. The maximum Gasteiger partial charge on any atom is 0.416 e. The van der Waals surface area contributed by atoms with E-state index in [4.69, 9.17) is 10.8 Å². The standard InChI is InChI=1S/C17H18F3NO.ClH/c18-17(19,20)15-9-7-13(8-10-15)12-3-5-14(6-4-12)16(21)2-1-11-22;/h3-10,16,22H,1-2,11,21H2;1H/t16-;/m1./s1. The number of aliphatic hydroxyl groups is 1. The number of halogens is 4. The van der Waals surface area contributed by atoms with Crippen LogP contribution in [0.2, 0.25) is 0 Å². The maximum atomic E-state index is 12.5. The Balaban J connectivity index is 0.00000264. The molecular weight excluding hydrogens is 327 g/mol. The monoisotopic (exact) mass is 345 g/mol. The molecule has 2 rings (SSSR count). The summed E-state index contributed by atoms with van der Waals surface area (Å²) >= 11 is 0. The van der Waals surface area contributed by atoms with Gasteiger partial charge in [-0.2, -0.15) is 13.2 Å². The van der Waals surface area contributed by atoms with Gasteiger partial charge in [-0.1, -0.05) is 36.4 Å². The summed E-state index contributed by atoms with van der Waals surface area (Å²) < 4.78 is 37.6. The summed E-state index contributed by atoms with van der Waals surface area (Å²) in [5, 5.41) is 8.80. The van der Waals surface area contributed by atoms with Crippen LogP contribution in [-0.4, -0.2) is 11.7 Å². The minimum absolute atomic E-state index is 0. The van der Waals surface area contributed by atoms with Crippen molar-refractivity contribution in [2.45, 2.75) is 25.1 Å². The van der Waals surface area contributed by atoms with Crippen molar-refractivity contribution < 1.29 is 18.3 Å². The molecule has 2 aromatic rings. The van der Waals surface area contributed by atoms with Gasteiger partial charge in [0, 0.05) is 12.6 Å². The van der Waals surface area contributed by atoms with Crippen molar-refractivity contribution in [3.63, 3.8) is 0 Å². The Morgan fingerprint density at radius 3 is 1.83 bits per heavy atom. The fraction of sp³-hybridized carbons (Fsp3) is 0.294. The molecule has 0 aliphatic carbocycles. The molecule has 6 heteroatoms. The summed E-state index contributed by atoms with van der Waals surface area (Å²) in [7, 11) is 0. The highest BCUT2D eigenvalue weighted by Crippen LogP contribution is 2.31. The van der Waals surface area contributed by atoms with E-state index >= 15 is 0 Å². The number of aliphatic hydroxyl groups excluding tert-OH is 1. The Labute approximate surface area is 139 Å². The van der Waals surface area contributed by atoms with Crippen molar-refractivity contribution in [2.24, 2.45) is 5.73 Å². The van der Waals surface area contributed by atoms with Crippen LogP contribution in [0.5, 0.6) is 0 Å². The smallest absolute Gasteiger partial charge is 0.396 e. The van der Waals surface area contributed by atoms with Crippen LogP contribution < -0.4 is 5.73 Å². The number of nitrogens with two attached hydrogens (primary N) is 1. The third-order valence-corrected chi connectivity index (χ3v) is 3.56. The van der Waals surface area contributed by atoms with E-state index in [2.05, 4.69) is 0 Å². The number of hydrogen-bond donors (Lipinski definition) is 2. The average molecular weight is 346 g/mol. The molecule has 0 bridgehead atoms. The van der Waals surface area contributed by atoms with Gasteiger partial charge in [0.15, 0.2) is 0 Å². The fourth-order valence-corrected chi connectivity index (χ4v) is 2.25. The van der Waals surface area contributed by atoms with Crippen molar-refractivity contribution in [2.75, 3.05) is 6.61 Å². The van der Waals surface area contributed by atoms with E-state index < -0.39 is 11.7 Å². The van der Waals surface area contributed by atoms with Crippen LogP contribution in [0, 0.1) is 0 Å². The van der Waals surface area contributed by atoms with Crippen LogP contribution in [0.15, 0.2) is 48.5 Å². The third-order valence-electron chi connectivity index (χ3n) is 3.56. The zero-order valence-electron chi connectivity index (χ0n) is 12.4. The Hall–Kier alpha value is -1.56. The molecule has 3 N–H and O–H groups in total. The molecule has 0 unspecified atom stereocenters. The molecule has 23 heavy (non-hydrogen) atoms. The van der Waals surface area contributed by atoms with Crippen molar-refractivity contribution in [1.29, 1.82) is 0 Å². The molecule has 2 aromatic carbocycles. The molecule has 1 atom stereocenters. The van der Waals surface area contributed by atoms with Crippen LogP contribution in [0.4, 0.5) is 13.2 Å².